The van der Waals surface area contributed by atoms with Gasteiger partial charge in [-0.05, 0) is 25.5 Å². The Kier molecular flexibility index (Phi) is 4.47. The first-order valence-corrected chi connectivity index (χ1v) is 4.98. The zero-order chi connectivity index (χ0) is 11.1. The molecule has 0 unspecified atom stereocenters. The van der Waals surface area contributed by atoms with E-state index in [0.717, 1.165) is 17.8 Å². The lowest BCUT2D eigenvalue weighted by atomic mass is 10.3. The van der Waals surface area contributed by atoms with Crippen molar-refractivity contribution in [2.24, 2.45) is 5.10 Å². The molecule has 1 heterocycles. The Morgan fingerprint density at radius 1 is 1.60 bits per heavy atom. The number of aromatic nitrogens is 1. The van der Waals surface area contributed by atoms with Gasteiger partial charge in [0.15, 0.2) is 0 Å². The molecule has 0 spiro atoms. The van der Waals surface area contributed by atoms with Gasteiger partial charge in [-0.15, -0.1) is 0 Å². The zero-order valence-electron chi connectivity index (χ0n) is 9.03. The zero-order valence-corrected chi connectivity index (χ0v) is 9.03. The summed E-state index contributed by atoms with van der Waals surface area (Å²) >= 11 is 0. The number of nitrogens with one attached hydrogen (secondary N) is 1. The number of hydrogen-bond donors (Lipinski definition) is 1. The van der Waals surface area contributed by atoms with Gasteiger partial charge in [0, 0.05) is 12.1 Å². The molecular weight excluding hydrogens is 190 g/mol. The molecule has 1 aromatic heterocycles. The number of carbonyl (C=O) groups is 1. The van der Waals surface area contributed by atoms with Crippen molar-refractivity contribution >= 4 is 12.1 Å². The van der Waals surface area contributed by atoms with Gasteiger partial charge in [-0.2, -0.15) is 5.10 Å². The van der Waals surface area contributed by atoms with Gasteiger partial charge in [-0.3, -0.25) is 9.78 Å². The van der Waals surface area contributed by atoms with Crippen LogP contribution in [-0.2, 0) is 4.79 Å². The number of aryl methyl sites for hydroxylation is 1. The molecule has 0 aliphatic heterocycles. The van der Waals surface area contributed by atoms with Crippen LogP contribution >= 0.6 is 0 Å². The number of amides is 1. The summed E-state index contributed by atoms with van der Waals surface area (Å²) in [4.78, 5) is 15.3. The first-order chi connectivity index (χ1) is 7.22. The van der Waals surface area contributed by atoms with E-state index in [1.165, 1.54) is 0 Å². The van der Waals surface area contributed by atoms with E-state index in [0.29, 0.717) is 6.42 Å². The molecule has 0 aliphatic carbocycles. The molecule has 0 atom stereocenters. The largest absolute Gasteiger partial charge is 0.273 e. The van der Waals surface area contributed by atoms with E-state index in [-0.39, 0.29) is 5.91 Å². The van der Waals surface area contributed by atoms with Crippen LogP contribution in [0.4, 0.5) is 0 Å². The third kappa shape index (κ3) is 4.35. The Morgan fingerprint density at radius 3 is 3.07 bits per heavy atom. The number of pyridine rings is 1. The summed E-state index contributed by atoms with van der Waals surface area (Å²) < 4.78 is 0. The second-order valence-electron chi connectivity index (χ2n) is 3.25. The quantitative estimate of drug-likeness (QED) is 0.600. The molecule has 15 heavy (non-hydrogen) atoms. The molecule has 1 rings (SSSR count). The molecule has 80 valence electrons. The summed E-state index contributed by atoms with van der Waals surface area (Å²) in [6.07, 6.45) is 2.86. The standard InChI is InChI=1S/C11H15N3O/c1-3-5-11(15)14-12-8-10-7-4-6-9(2)13-10/h4,6-8H,3,5H2,1-2H3,(H,14,15). The normalized spacial score (nSPS) is 10.5. The molecule has 0 fully saturated rings. The van der Waals surface area contributed by atoms with Gasteiger partial charge in [-0.25, -0.2) is 5.43 Å². The highest BCUT2D eigenvalue weighted by atomic mass is 16.2. The van der Waals surface area contributed by atoms with Crippen molar-refractivity contribution in [3.63, 3.8) is 0 Å². The topological polar surface area (TPSA) is 54.4 Å². The second-order valence-corrected chi connectivity index (χ2v) is 3.25. The van der Waals surface area contributed by atoms with Gasteiger partial charge >= 0.3 is 0 Å². The smallest absolute Gasteiger partial charge is 0.240 e. The van der Waals surface area contributed by atoms with Gasteiger partial charge in [0.25, 0.3) is 0 Å². The first kappa shape index (κ1) is 11.4. The summed E-state index contributed by atoms with van der Waals surface area (Å²) in [5.41, 5.74) is 4.11. The first-order valence-electron chi connectivity index (χ1n) is 4.98. The Balaban J connectivity index is 2.48. The van der Waals surface area contributed by atoms with Crippen molar-refractivity contribution in [2.75, 3.05) is 0 Å². The van der Waals surface area contributed by atoms with Crippen LogP contribution < -0.4 is 5.43 Å². The molecule has 0 saturated carbocycles. The highest BCUT2D eigenvalue weighted by Gasteiger charge is 1.95. The summed E-state index contributed by atoms with van der Waals surface area (Å²) in [5.74, 6) is -0.0681. The van der Waals surface area contributed by atoms with Crippen molar-refractivity contribution in [3.05, 3.63) is 29.6 Å². The molecule has 0 aromatic carbocycles. The fourth-order valence-corrected chi connectivity index (χ4v) is 1.09. The highest BCUT2D eigenvalue weighted by Crippen LogP contribution is 1.94. The third-order valence-electron chi connectivity index (χ3n) is 1.77. The lowest BCUT2D eigenvalue weighted by Gasteiger charge is -1.96. The fraction of sp³-hybridized carbons (Fsp3) is 0.364. The van der Waals surface area contributed by atoms with Gasteiger partial charge in [0.05, 0.1) is 11.9 Å². The van der Waals surface area contributed by atoms with Gasteiger partial charge in [-0.1, -0.05) is 13.0 Å². The Morgan fingerprint density at radius 2 is 2.40 bits per heavy atom. The van der Waals surface area contributed by atoms with E-state index in [2.05, 4.69) is 15.5 Å². The van der Waals surface area contributed by atoms with Crippen LogP contribution in [-0.4, -0.2) is 17.1 Å². The summed E-state index contributed by atoms with van der Waals surface area (Å²) in [5, 5.41) is 3.81. The van der Waals surface area contributed by atoms with Crippen LogP contribution in [0, 0.1) is 6.92 Å². The Hall–Kier alpha value is -1.71. The van der Waals surface area contributed by atoms with Crippen LogP contribution in [0.3, 0.4) is 0 Å². The van der Waals surface area contributed by atoms with Gasteiger partial charge in [0.1, 0.15) is 0 Å². The lowest BCUT2D eigenvalue weighted by molar-refractivity contribution is -0.121. The van der Waals surface area contributed by atoms with Crippen LogP contribution in [0.5, 0.6) is 0 Å². The van der Waals surface area contributed by atoms with E-state index in [9.17, 15) is 4.79 Å². The molecule has 0 saturated heterocycles. The minimum atomic E-state index is -0.0681. The predicted octanol–water partition coefficient (Wildman–Crippen LogP) is 1.64. The molecule has 0 radical (unpaired) electrons. The van der Waals surface area contributed by atoms with Crippen molar-refractivity contribution in [3.8, 4) is 0 Å². The monoisotopic (exact) mass is 205 g/mol. The number of carbonyl (C=O) groups excluding carboxylic acids is 1. The summed E-state index contributed by atoms with van der Waals surface area (Å²) in [7, 11) is 0. The molecule has 1 N–H and O–H groups in total. The maximum Gasteiger partial charge on any atom is 0.240 e. The second kappa shape index (κ2) is 5.90. The molecular formula is C11H15N3O. The van der Waals surface area contributed by atoms with E-state index in [1.807, 2.05) is 32.0 Å². The van der Waals surface area contributed by atoms with Crippen molar-refractivity contribution < 1.29 is 4.79 Å². The third-order valence-corrected chi connectivity index (χ3v) is 1.77. The van der Waals surface area contributed by atoms with Crippen LogP contribution in [0.1, 0.15) is 31.2 Å². The van der Waals surface area contributed by atoms with Crippen LogP contribution in [0.2, 0.25) is 0 Å². The minimum absolute atomic E-state index is 0.0681. The molecule has 4 heteroatoms. The molecule has 0 bridgehead atoms. The SMILES string of the molecule is CCCC(=O)NN=Cc1cccc(C)n1. The van der Waals surface area contributed by atoms with Gasteiger partial charge < -0.3 is 0 Å². The Labute approximate surface area is 89.4 Å². The highest BCUT2D eigenvalue weighted by molar-refractivity contribution is 5.80. The van der Waals surface area contributed by atoms with Gasteiger partial charge in [0.2, 0.25) is 5.91 Å². The predicted molar refractivity (Wildman–Crippen MR) is 59.6 cm³/mol. The maximum atomic E-state index is 11.1. The average Bonchev–Trinajstić information content (AvgIpc) is 2.18. The molecule has 1 aromatic rings. The lowest BCUT2D eigenvalue weighted by Crippen LogP contribution is -2.16. The minimum Gasteiger partial charge on any atom is -0.273 e. The number of rotatable bonds is 4. The maximum absolute atomic E-state index is 11.1. The number of nitrogens with zero attached hydrogens (tertiary/aromatic N) is 2. The molecule has 1 amide bonds. The van der Waals surface area contributed by atoms with Crippen molar-refractivity contribution in [2.45, 2.75) is 26.7 Å². The van der Waals surface area contributed by atoms with E-state index < -0.39 is 0 Å². The van der Waals surface area contributed by atoms with E-state index >= 15 is 0 Å². The van der Waals surface area contributed by atoms with Crippen LogP contribution in [0.15, 0.2) is 23.3 Å². The van der Waals surface area contributed by atoms with Crippen LogP contribution in [0.25, 0.3) is 0 Å². The summed E-state index contributed by atoms with van der Waals surface area (Å²) in [6, 6.07) is 5.65. The van der Waals surface area contributed by atoms with E-state index in [1.54, 1.807) is 6.21 Å². The molecule has 4 nitrogen and oxygen atoms in total. The number of hydrogen-bond acceptors (Lipinski definition) is 3. The van der Waals surface area contributed by atoms with Crippen molar-refractivity contribution in [1.29, 1.82) is 0 Å². The van der Waals surface area contributed by atoms with E-state index in [4.69, 9.17) is 0 Å². The molecule has 0 aliphatic rings. The average molecular weight is 205 g/mol. The Bertz CT molecular complexity index is 361. The summed E-state index contributed by atoms with van der Waals surface area (Å²) in [6.45, 7) is 3.86. The van der Waals surface area contributed by atoms with Crippen molar-refractivity contribution in [1.82, 2.24) is 10.4 Å². The fourth-order valence-electron chi connectivity index (χ4n) is 1.09. The number of hydrazone groups is 1.